The Morgan fingerprint density at radius 1 is 1.14 bits per heavy atom. The largest absolute Gasteiger partial charge is 0.467 e. The van der Waals surface area contributed by atoms with E-state index in [0.29, 0.717) is 50.6 Å². The van der Waals surface area contributed by atoms with Crippen LogP contribution in [0.1, 0.15) is 29.9 Å². The second kappa shape index (κ2) is 8.79. The average Bonchev–Trinajstić information content (AvgIpc) is 3.18. The number of halogens is 3. The van der Waals surface area contributed by atoms with Gasteiger partial charge in [0.05, 0.1) is 24.4 Å². The Labute approximate surface area is 162 Å². The van der Waals surface area contributed by atoms with Crippen molar-refractivity contribution in [2.75, 3.05) is 32.7 Å². The molecule has 1 amide bonds. The molecule has 0 bridgehead atoms. The molecule has 1 unspecified atom stereocenters. The highest BCUT2D eigenvalue weighted by molar-refractivity contribution is 5.78. The zero-order chi connectivity index (χ0) is 20.1. The van der Waals surface area contributed by atoms with E-state index in [1.54, 1.807) is 18.4 Å². The zero-order valence-electron chi connectivity index (χ0n) is 15.7. The topological polar surface area (TPSA) is 48.7 Å². The molecular formula is C20H24F3N3O2. The maximum atomic E-state index is 12.8. The Bertz CT molecular complexity index is 769. The Morgan fingerprint density at radius 2 is 1.86 bits per heavy atom. The van der Waals surface area contributed by atoms with Gasteiger partial charge in [-0.2, -0.15) is 13.2 Å². The van der Waals surface area contributed by atoms with Crippen LogP contribution in [0.5, 0.6) is 0 Å². The molecular weight excluding hydrogens is 371 g/mol. The molecule has 1 aromatic heterocycles. The minimum Gasteiger partial charge on any atom is -0.467 e. The lowest BCUT2D eigenvalue weighted by atomic mass is 10.1. The van der Waals surface area contributed by atoms with E-state index in [9.17, 15) is 18.0 Å². The SMILES string of the molecule is CC(NC(=O)CN1CCN(Cc2cccc(C(F)(F)F)c2)CC1)c1ccco1. The number of benzene rings is 1. The third-order valence-electron chi connectivity index (χ3n) is 4.84. The summed E-state index contributed by atoms with van der Waals surface area (Å²) in [6, 6.07) is 8.85. The van der Waals surface area contributed by atoms with Gasteiger partial charge in [-0.25, -0.2) is 0 Å². The first-order chi connectivity index (χ1) is 13.3. The standard InChI is InChI=1S/C20H24F3N3O2/c1-15(18-6-3-11-28-18)24-19(27)14-26-9-7-25(8-10-26)13-16-4-2-5-17(12-16)20(21,22)23/h2-6,11-12,15H,7-10,13-14H2,1H3,(H,24,27). The average molecular weight is 395 g/mol. The van der Waals surface area contributed by atoms with E-state index in [2.05, 4.69) is 10.2 Å². The number of nitrogens with one attached hydrogen (secondary N) is 1. The van der Waals surface area contributed by atoms with Crippen molar-refractivity contribution in [2.45, 2.75) is 25.7 Å². The highest BCUT2D eigenvalue weighted by Gasteiger charge is 2.30. The fraction of sp³-hybridized carbons (Fsp3) is 0.450. The monoisotopic (exact) mass is 395 g/mol. The molecule has 8 heteroatoms. The van der Waals surface area contributed by atoms with Gasteiger partial charge in [0, 0.05) is 32.7 Å². The predicted octanol–water partition coefficient (Wildman–Crippen LogP) is 3.29. The Morgan fingerprint density at radius 3 is 2.50 bits per heavy atom. The van der Waals surface area contributed by atoms with Crippen LogP contribution in [-0.4, -0.2) is 48.4 Å². The summed E-state index contributed by atoms with van der Waals surface area (Å²) >= 11 is 0. The molecule has 1 fully saturated rings. The van der Waals surface area contributed by atoms with Crippen molar-refractivity contribution in [2.24, 2.45) is 0 Å². The van der Waals surface area contributed by atoms with E-state index in [0.717, 1.165) is 6.07 Å². The molecule has 5 nitrogen and oxygen atoms in total. The van der Waals surface area contributed by atoms with Crippen LogP contribution < -0.4 is 5.32 Å². The van der Waals surface area contributed by atoms with Crippen LogP contribution in [0.15, 0.2) is 47.1 Å². The summed E-state index contributed by atoms with van der Waals surface area (Å²) in [6.45, 7) is 5.43. The van der Waals surface area contributed by atoms with Gasteiger partial charge in [-0.3, -0.25) is 14.6 Å². The Balaban J connectivity index is 1.44. The minimum atomic E-state index is -4.32. The third kappa shape index (κ3) is 5.59. The summed E-state index contributed by atoms with van der Waals surface area (Å²) in [4.78, 5) is 16.4. The Hall–Kier alpha value is -2.32. The number of piperazine rings is 1. The summed E-state index contributed by atoms with van der Waals surface area (Å²) in [7, 11) is 0. The second-order valence-electron chi connectivity index (χ2n) is 7.06. The number of alkyl halides is 3. The molecule has 1 N–H and O–H groups in total. The number of hydrogen-bond donors (Lipinski definition) is 1. The van der Waals surface area contributed by atoms with Gasteiger partial charge in [-0.1, -0.05) is 18.2 Å². The summed E-state index contributed by atoms with van der Waals surface area (Å²) in [5.74, 6) is 0.634. The maximum absolute atomic E-state index is 12.8. The van der Waals surface area contributed by atoms with Crippen LogP contribution in [0.4, 0.5) is 13.2 Å². The zero-order valence-corrected chi connectivity index (χ0v) is 15.7. The van der Waals surface area contributed by atoms with Crippen LogP contribution >= 0.6 is 0 Å². The van der Waals surface area contributed by atoms with Gasteiger partial charge in [-0.15, -0.1) is 0 Å². The minimum absolute atomic E-state index is 0.0739. The van der Waals surface area contributed by atoms with Crippen molar-refractivity contribution in [3.05, 3.63) is 59.5 Å². The first-order valence-corrected chi connectivity index (χ1v) is 9.25. The van der Waals surface area contributed by atoms with E-state index in [1.165, 1.54) is 12.1 Å². The highest BCUT2D eigenvalue weighted by Crippen LogP contribution is 2.29. The fourth-order valence-electron chi connectivity index (χ4n) is 3.31. The number of hydrogen-bond acceptors (Lipinski definition) is 4. The number of furan rings is 1. The molecule has 0 radical (unpaired) electrons. The lowest BCUT2D eigenvalue weighted by molar-refractivity contribution is -0.137. The second-order valence-corrected chi connectivity index (χ2v) is 7.06. The van der Waals surface area contributed by atoms with Gasteiger partial charge < -0.3 is 9.73 Å². The van der Waals surface area contributed by atoms with E-state index in [4.69, 9.17) is 4.42 Å². The van der Waals surface area contributed by atoms with Gasteiger partial charge in [0.15, 0.2) is 0 Å². The van der Waals surface area contributed by atoms with Gasteiger partial charge in [0.2, 0.25) is 5.91 Å². The van der Waals surface area contributed by atoms with Gasteiger partial charge in [-0.05, 0) is 30.7 Å². The molecule has 1 aliphatic rings. The first-order valence-electron chi connectivity index (χ1n) is 9.25. The van der Waals surface area contributed by atoms with Crippen LogP contribution in [-0.2, 0) is 17.5 Å². The van der Waals surface area contributed by atoms with Gasteiger partial charge in [0.25, 0.3) is 0 Å². The molecule has 0 spiro atoms. The number of nitrogens with zero attached hydrogens (tertiary/aromatic N) is 2. The van der Waals surface area contributed by atoms with Gasteiger partial charge in [0.1, 0.15) is 5.76 Å². The first kappa shape index (κ1) is 20.4. The number of rotatable bonds is 6. The fourth-order valence-corrected chi connectivity index (χ4v) is 3.31. The van der Waals surface area contributed by atoms with E-state index >= 15 is 0 Å². The molecule has 1 atom stereocenters. The summed E-state index contributed by atoms with van der Waals surface area (Å²) in [5.41, 5.74) is 0.0271. The van der Waals surface area contributed by atoms with Crippen molar-refractivity contribution in [1.82, 2.24) is 15.1 Å². The lowest BCUT2D eigenvalue weighted by Gasteiger charge is -2.34. The van der Waals surface area contributed by atoms with Crippen molar-refractivity contribution in [1.29, 1.82) is 0 Å². The molecule has 0 saturated carbocycles. The Kier molecular flexibility index (Phi) is 6.41. The lowest BCUT2D eigenvalue weighted by Crippen LogP contribution is -2.49. The van der Waals surface area contributed by atoms with Crippen LogP contribution in [0.3, 0.4) is 0 Å². The van der Waals surface area contributed by atoms with Crippen molar-refractivity contribution in [3.63, 3.8) is 0 Å². The number of amides is 1. The van der Waals surface area contributed by atoms with Crippen LogP contribution in [0, 0.1) is 0 Å². The molecule has 3 rings (SSSR count). The van der Waals surface area contributed by atoms with E-state index in [1.807, 2.05) is 17.9 Å². The van der Waals surface area contributed by atoms with Crippen LogP contribution in [0.2, 0.25) is 0 Å². The molecule has 28 heavy (non-hydrogen) atoms. The molecule has 2 aromatic rings. The van der Waals surface area contributed by atoms with E-state index in [-0.39, 0.29) is 11.9 Å². The molecule has 1 aliphatic heterocycles. The highest BCUT2D eigenvalue weighted by atomic mass is 19.4. The van der Waals surface area contributed by atoms with Crippen LogP contribution in [0.25, 0.3) is 0 Å². The smallest absolute Gasteiger partial charge is 0.416 e. The van der Waals surface area contributed by atoms with Crippen molar-refractivity contribution >= 4 is 5.91 Å². The van der Waals surface area contributed by atoms with Crippen molar-refractivity contribution in [3.8, 4) is 0 Å². The predicted molar refractivity (Wildman–Crippen MR) is 98.4 cm³/mol. The maximum Gasteiger partial charge on any atom is 0.416 e. The van der Waals surface area contributed by atoms with Crippen molar-refractivity contribution < 1.29 is 22.4 Å². The summed E-state index contributed by atoms with van der Waals surface area (Å²) in [5, 5.41) is 2.91. The number of carbonyl (C=O) groups excluding carboxylic acids is 1. The summed E-state index contributed by atoms with van der Waals surface area (Å²) in [6.07, 6.45) is -2.75. The third-order valence-corrected chi connectivity index (χ3v) is 4.84. The number of carbonyl (C=O) groups is 1. The summed E-state index contributed by atoms with van der Waals surface area (Å²) < 4.78 is 43.8. The molecule has 0 aliphatic carbocycles. The van der Waals surface area contributed by atoms with E-state index < -0.39 is 11.7 Å². The molecule has 152 valence electrons. The molecule has 2 heterocycles. The molecule has 1 saturated heterocycles. The normalized spacial score (nSPS) is 17.4. The quantitative estimate of drug-likeness (QED) is 0.816. The van der Waals surface area contributed by atoms with Gasteiger partial charge >= 0.3 is 6.18 Å². The molecule has 1 aromatic carbocycles.